The fourth-order valence-electron chi connectivity index (χ4n) is 4.73. The number of amides is 1. The van der Waals surface area contributed by atoms with Crippen molar-refractivity contribution in [2.45, 2.75) is 51.5 Å². The fraction of sp³-hybridized carbons (Fsp3) is 0.364. The van der Waals surface area contributed by atoms with Crippen LogP contribution in [-0.4, -0.2) is 17.2 Å². The van der Waals surface area contributed by atoms with E-state index in [1.807, 2.05) is 12.1 Å². The fourth-order valence-corrected chi connectivity index (χ4v) is 4.73. The minimum atomic E-state index is -0.413. The van der Waals surface area contributed by atoms with E-state index in [4.69, 9.17) is 0 Å². The van der Waals surface area contributed by atoms with Crippen LogP contribution in [0.4, 0.5) is 5.69 Å². The minimum absolute atomic E-state index is 0.235. The molecule has 1 amide bonds. The number of nitrogens with zero attached hydrogens (tertiary/aromatic N) is 1. The van der Waals surface area contributed by atoms with Crippen molar-refractivity contribution < 1.29 is 9.59 Å². The number of carbonyl (C=O) groups is 2. The van der Waals surface area contributed by atoms with Crippen molar-refractivity contribution in [2.75, 3.05) is 4.90 Å². The Kier molecular flexibility index (Phi) is 3.24. The molecule has 2 aliphatic rings. The number of aryl methyl sites for hydroxylation is 1. The van der Waals surface area contributed by atoms with Gasteiger partial charge in [-0.3, -0.25) is 14.5 Å². The van der Waals surface area contributed by atoms with Gasteiger partial charge in [0, 0.05) is 11.0 Å². The van der Waals surface area contributed by atoms with Crippen molar-refractivity contribution in [3.63, 3.8) is 0 Å². The first-order valence-corrected chi connectivity index (χ1v) is 8.91. The van der Waals surface area contributed by atoms with Gasteiger partial charge in [0.15, 0.2) is 0 Å². The molecule has 1 unspecified atom stereocenters. The molecule has 0 N–H and O–H groups in total. The lowest BCUT2D eigenvalue weighted by Crippen LogP contribution is -2.54. The largest absolute Gasteiger partial charge is 0.299 e. The number of hydrogen-bond acceptors (Lipinski definition) is 2. The zero-order chi connectivity index (χ0) is 18.0. The van der Waals surface area contributed by atoms with Crippen LogP contribution in [-0.2, 0) is 16.6 Å². The van der Waals surface area contributed by atoms with E-state index in [1.54, 1.807) is 4.90 Å². The van der Waals surface area contributed by atoms with E-state index < -0.39 is 5.54 Å². The van der Waals surface area contributed by atoms with Crippen molar-refractivity contribution in [3.8, 4) is 0 Å². The molecule has 0 spiro atoms. The van der Waals surface area contributed by atoms with Crippen LogP contribution >= 0.6 is 0 Å². The molecule has 0 aromatic heterocycles. The van der Waals surface area contributed by atoms with Gasteiger partial charge in [0.25, 0.3) is 11.7 Å². The maximum absolute atomic E-state index is 12.7. The summed E-state index contributed by atoms with van der Waals surface area (Å²) in [4.78, 5) is 27.1. The summed E-state index contributed by atoms with van der Waals surface area (Å²) in [6, 6.07) is 14.5. The molecule has 0 saturated heterocycles. The van der Waals surface area contributed by atoms with Crippen LogP contribution in [0.25, 0.3) is 0 Å². The van der Waals surface area contributed by atoms with E-state index in [9.17, 15) is 9.59 Å². The normalized spacial score (nSPS) is 23.8. The highest BCUT2D eigenvalue weighted by atomic mass is 16.2. The van der Waals surface area contributed by atoms with Crippen LogP contribution in [0, 0.1) is 0 Å². The Labute approximate surface area is 148 Å². The zero-order valence-corrected chi connectivity index (χ0v) is 15.2. The SMILES string of the molecule is CCc1cc2c3c(c1)C(C)(c1ccccc1)CC(C)(C)N3C(=O)C2=O. The number of ketones is 1. The third-order valence-corrected chi connectivity index (χ3v) is 5.84. The first-order valence-electron chi connectivity index (χ1n) is 8.91. The third-order valence-electron chi connectivity index (χ3n) is 5.84. The maximum Gasteiger partial charge on any atom is 0.299 e. The second-order valence-corrected chi connectivity index (χ2v) is 8.05. The third kappa shape index (κ3) is 2.05. The molecule has 3 heteroatoms. The molecule has 4 rings (SSSR count). The number of hydrogen-bond donors (Lipinski definition) is 0. The Morgan fingerprint density at radius 3 is 2.36 bits per heavy atom. The molecule has 0 aliphatic carbocycles. The molecular weight excluding hydrogens is 310 g/mol. The quantitative estimate of drug-likeness (QED) is 0.770. The highest BCUT2D eigenvalue weighted by molar-refractivity contribution is 6.53. The Morgan fingerprint density at radius 1 is 1.04 bits per heavy atom. The number of carbonyl (C=O) groups excluding carboxylic acids is 2. The Balaban J connectivity index is 2.08. The van der Waals surface area contributed by atoms with Crippen LogP contribution in [0.15, 0.2) is 42.5 Å². The highest BCUT2D eigenvalue weighted by Crippen LogP contribution is 2.54. The zero-order valence-electron chi connectivity index (χ0n) is 15.2. The molecule has 2 heterocycles. The topological polar surface area (TPSA) is 37.4 Å². The van der Waals surface area contributed by atoms with Gasteiger partial charge in [-0.05, 0) is 49.4 Å². The summed E-state index contributed by atoms with van der Waals surface area (Å²) in [5.74, 6) is -0.749. The van der Waals surface area contributed by atoms with Crippen LogP contribution in [0.1, 0.15) is 61.2 Å². The van der Waals surface area contributed by atoms with E-state index in [-0.39, 0.29) is 17.1 Å². The summed E-state index contributed by atoms with van der Waals surface area (Å²) in [5, 5.41) is 0. The second kappa shape index (κ2) is 5.04. The highest BCUT2D eigenvalue weighted by Gasteiger charge is 2.53. The van der Waals surface area contributed by atoms with Crippen molar-refractivity contribution >= 4 is 17.4 Å². The van der Waals surface area contributed by atoms with Gasteiger partial charge in [-0.1, -0.05) is 50.2 Å². The molecular formula is C22H23NO2. The van der Waals surface area contributed by atoms with Gasteiger partial charge in [0.2, 0.25) is 0 Å². The van der Waals surface area contributed by atoms with Gasteiger partial charge in [-0.25, -0.2) is 0 Å². The standard InChI is InChI=1S/C22H23NO2/c1-5-14-11-16-18-17(12-14)22(4,15-9-7-6-8-10-15)13-21(2,3)23(18)20(25)19(16)24/h6-12H,5,13H2,1-4H3. The van der Waals surface area contributed by atoms with Gasteiger partial charge in [0.05, 0.1) is 11.3 Å². The number of anilines is 1. The predicted molar refractivity (Wildman–Crippen MR) is 99.2 cm³/mol. The van der Waals surface area contributed by atoms with Crippen molar-refractivity contribution in [1.82, 2.24) is 0 Å². The van der Waals surface area contributed by atoms with Gasteiger partial charge in [-0.15, -0.1) is 0 Å². The van der Waals surface area contributed by atoms with Crippen molar-refractivity contribution in [1.29, 1.82) is 0 Å². The Bertz CT molecular complexity index is 898. The summed E-state index contributed by atoms with van der Waals surface area (Å²) in [6.45, 7) is 8.44. The van der Waals surface area contributed by atoms with E-state index in [0.29, 0.717) is 5.56 Å². The number of Topliss-reactive ketones (excluding diaryl/α,β-unsaturated/α-hetero) is 1. The molecule has 25 heavy (non-hydrogen) atoms. The molecule has 0 fully saturated rings. The molecule has 128 valence electrons. The Hall–Kier alpha value is -2.42. The van der Waals surface area contributed by atoms with Crippen LogP contribution in [0.2, 0.25) is 0 Å². The summed E-state index contributed by atoms with van der Waals surface area (Å²) in [5.41, 5.74) is 4.20. The molecule has 3 nitrogen and oxygen atoms in total. The average Bonchev–Trinajstić information content (AvgIpc) is 2.85. The molecule has 0 radical (unpaired) electrons. The lowest BCUT2D eigenvalue weighted by molar-refractivity contribution is -0.115. The van der Waals surface area contributed by atoms with Gasteiger partial charge in [-0.2, -0.15) is 0 Å². The average molecular weight is 333 g/mol. The summed E-state index contributed by atoms with van der Waals surface area (Å²) in [7, 11) is 0. The first-order chi connectivity index (χ1) is 11.8. The predicted octanol–water partition coefficient (Wildman–Crippen LogP) is 4.27. The number of rotatable bonds is 2. The molecule has 1 atom stereocenters. The molecule has 0 saturated carbocycles. The number of benzene rings is 2. The molecule has 0 bridgehead atoms. The second-order valence-electron chi connectivity index (χ2n) is 8.05. The first kappa shape index (κ1) is 16.1. The van der Waals surface area contributed by atoms with E-state index in [1.165, 1.54) is 5.56 Å². The smallest absolute Gasteiger partial charge is 0.299 e. The summed E-state index contributed by atoms with van der Waals surface area (Å²) in [6.07, 6.45) is 1.62. The van der Waals surface area contributed by atoms with Gasteiger partial charge in [0.1, 0.15) is 0 Å². The lowest BCUT2D eigenvalue weighted by Gasteiger charge is -2.49. The van der Waals surface area contributed by atoms with Crippen LogP contribution in [0.3, 0.4) is 0 Å². The molecule has 2 aliphatic heterocycles. The van der Waals surface area contributed by atoms with E-state index in [0.717, 1.165) is 29.7 Å². The Morgan fingerprint density at radius 2 is 1.72 bits per heavy atom. The lowest BCUT2D eigenvalue weighted by atomic mass is 9.65. The minimum Gasteiger partial charge on any atom is -0.299 e. The van der Waals surface area contributed by atoms with Gasteiger partial charge < -0.3 is 0 Å². The summed E-state index contributed by atoms with van der Waals surface area (Å²) >= 11 is 0. The van der Waals surface area contributed by atoms with Crippen molar-refractivity contribution in [2.24, 2.45) is 0 Å². The van der Waals surface area contributed by atoms with Gasteiger partial charge >= 0.3 is 0 Å². The molecule has 2 aromatic carbocycles. The monoisotopic (exact) mass is 333 g/mol. The molecule has 2 aromatic rings. The maximum atomic E-state index is 12.7. The van der Waals surface area contributed by atoms with Crippen LogP contribution in [0.5, 0.6) is 0 Å². The van der Waals surface area contributed by atoms with E-state index >= 15 is 0 Å². The summed E-state index contributed by atoms with van der Waals surface area (Å²) < 4.78 is 0. The van der Waals surface area contributed by atoms with Crippen LogP contribution < -0.4 is 4.90 Å². The van der Waals surface area contributed by atoms with Crippen molar-refractivity contribution in [3.05, 3.63) is 64.7 Å². The van der Waals surface area contributed by atoms with E-state index in [2.05, 4.69) is 58.0 Å².